The normalized spacial score (nSPS) is 14.2. The molecule has 0 saturated carbocycles. The number of aryl methyl sites for hydroxylation is 1. The Morgan fingerprint density at radius 3 is 2.68 bits per heavy atom. The van der Waals surface area contributed by atoms with Gasteiger partial charge in [-0.3, -0.25) is 25.9 Å². The summed E-state index contributed by atoms with van der Waals surface area (Å²) in [4.78, 5) is 24.5. The van der Waals surface area contributed by atoms with Crippen molar-refractivity contribution in [3.63, 3.8) is 0 Å². The van der Waals surface area contributed by atoms with Gasteiger partial charge < -0.3 is 10.2 Å². The van der Waals surface area contributed by atoms with Crippen LogP contribution in [0.4, 0.5) is 0 Å². The van der Waals surface area contributed by atoms with Crippen LogP contribution < -0.4 is 22.0 Å². The summed E-state index contributed by atoms with van der Waals surface area (Å²) < 4.78 is 5.75. The third-order valence-electron chi connectivity index (χ3n) is 4.36. The Morgan fingerprint density at radius 1 is 1.21 bits per heavy atom. The minimum absolute atomic E-state index is 0.0693. The monoisotopic (exact) mass is 399 g/mol. The topological polar surface area (TPSA) is 122 Å². The number of rotatable bonds is 4. The molecular weight excluding hydrogens is 378 g/mol. The molecule has 1 aromatic carbocycles. The van der Waals surface area contributed by atoms with E-state index in [2.05, 4.69) is 21.4 Å². The molecule has 0 spiro atoms. The number of hydrogen-bond donors (Lipinski definition) is 4. The molecule has 28 heavy (non-hydrogen) atoms. The van der Waals surface area contributed by atoms with Gasteiger partial charge in [-0.1, -0.05) is 30.3 Å². The van der Waals surface area contributed by atoms with Crippen LogP contribution in [0.2, 0.25) is 0 Å². The number of carbonyl (C=O) groups excluding carboxylic acids is 2. The standard InChI is InChI=1S/C19H21N5O3S/c1-11-16-13(21-24-19(20)28)8-5-9-14(16)27-17(11)18(26)23-22-15(25)10-12-6-3-2-4-7-12/h2-4,6-7H,5,8-10H2,1H3,(H,22,25)(H,23,26)(H3,20,24,28)/b21-13+. The van der Waals surface area contributed by atoms with Gasteiger partial charge in [0.25, 0.3) is 0 Å². The van der Waals surface area contributed by atoms with Gasteiger partial charge in [-0.05, 0) is 37.5 Å². The van der Waals surface area contributed by atoms with E-state index in [1.54, 1.807) is 6.92 Å². The number of hydrazine groups is 1. The van der Waals surface area contributed by atoms with E-state index in [0.717, 1.165) is 29.7 Å². The van der Waals surface area contributed by atoms with Gasteiger partial charge in [-0.2, -0.15) is 5.10 Å². The van der Waals surface area contributed by atoms with Crippen LogP contribution in [0.15, 0.2) is 39.9 Å². The number of nitrogens with one attached hydrogen (secondary N) is 3. The Balaban J connectivity index is 1.68. The zero-order valence-electron chi connectivity index (χ0n) is 15.4. The fraction of sp³-hybridized carbons (Fsp3) is 0.263. The second-order valence-corrected chi connectivity index (χ2v) is 6.85. The molecule has 8 nitrogen and oxygen atoms in total. The van der Waals surface area contributed by atoms with Crippen LogP contribution in [0.5, 0.6) is 0 Å². The third-order valence-corrected chi connectivity index (χ3v) is 4.45. The molecule has 2 amide bonds. The molecule has 3 rings (SSSR count). The lowest BCUT2D eigenvalue weighted by atomic mass is 9.93. The Kier molecular flexibility index (Phi) is 6.05. The quantitative estimate of drug-likeness (QED) is 0.456. The summed E-state index contributed by atoms with van der Waals surface area (Å²) in [5, 5.41) is 4.29. The number of thiocarbonyl (C=S) groups is 1. The largest absolute Gasteiger partial charge is 0.455 e. The molecule has 9 heteroatoms. The van der Waals surface area contributed by atoms with Gasteiger partial charge in [0.15, 0.2) is 10.9 Å². The number of benzene rings is 1. The third kappa shape index (κ3) is 4.55. The molecule has 1 aliphatic carbocycles. The van der Waals surface area contributed by atoms with Crippen LogP contribution in [0.25, 0.3) is 0 Å². The SMILES string of the molecule is Cc1c(C(=O)NNC(=O)Cc2ccccc2)oc2c1/C(=N/NC(N)=S)CCC2. The van der Waals surface area contributed by atoms with Crippen LogP contribution in [0.1, 0.15) is 45.8 Å². The van der Waals surface area contributed by atoms with Gasteiger partial charge in [0.05, 0.1) is 12.1 Å². The molecule has 1 aromatic heterocycles. The van der Waals surface area contributed by atoms with Crippen molar-refractivity contribution in [3.8, 4) is 0 Å². The molecule has 0 aliphatic heterocycles. The smallest absolute Gasteiger partial charge is 0.305 e. The Morgan fingerprint density at radius 2 is 1.96 bits per heavy atom. The maximum atomic E-state index is 12.5. The Hall–Kier alpha value is -3.20. The minimum atomic E-state index is -0.519. The van der Waals surface area contributed by atoms with Crippen molar-refractivity contribution in [1.82, 2.24) is 16.3 Å². The molecule has 1 heterocycles. The van der Waals surface area contributed by atoms with Crippen molar-refractivity contribution in [3.05, 3.63) is 58.5 Å². The number of carbonyl (C=O) groups is 2. The van der Waals surface area contributed by atoms with Gasteiger partial charge in [-0.25, -0.2) is 0 Å². The summed E-state index contributed by atoms with van der Waals surface area (Å²) in [5.41, 5.74) is 15.9. The van der Waals surface area contributed by atoms with Crippen molar-refractivity contribution in [2.45, 2.75) is 32.6 Å². The van der Waals surface area contributed by atoms with E-state index < -0.39 is 5.91 Å². The molecule has 0 unspecified atom stereocenters. The summed E-state index contributed by atoms with van der Waals surface area (Å²) in [7, 11) is 0. The lowest BCUT2D eigenvalue weighted by Crippen LogP contribution is -2.42. The number of nitrogens with zero attached hydrogens (tertiary/aromatic N) is 1. The van der Waals surface area contributed by atoms with Crippen molar-refractivity contribution in [2.75, 3.05) is 0 Å². The summed E-state index contributed by atoms with van der Waals surface area (Å²) in [6, 6.07) is 9.26. The van der Waals surface area contributed by atoms with Gasteiger partial charge in [-0.15, -0.1) is 0 Å². The van der Waals surface area contributed by atoms with Gasteiger partial charge in [0, 0.05) is 17.5 Å². The van der Waals surface area contributed by atoms with Crippen LogP contribution in [0, 0.1) is 6.92 Å². The molecule has 0 saturated heterocycles. The van der Waals surface area contributed by atoms with Crippen LogP contribution in [-0.4, -0.2) is 22.6 Å². The predicted octanol–water partition coefficient (Wildman–Crippen LogP) is 1.47. The summed E-state index contributed by atoms with van der Waals surface area (Å²) in [6.07, 6.45) is 2.43. The minimum Gasteiger partial charge on any atom is -0.455 e. The lowest BCUT2D eigenvalue weighted by molar-refractivity contribution is -0.121. The number of hydrazone groups is 1. The fourth-order valence-corrected chi connectivity index (χ4v) is 3.17. The van der Waals surface area contributed by atoms with Crippen molar-refractivity contribution in [1.29, 1.82) is 0 Å². The lowest BCUT2D eigenvalue weighted by Gasteiger charge is -2.13. The number of amides is 2. The molecule has 2 aromatic rings. The van der Waals surface area contributed by atoms with Crippen LogP contribution in [-0.2, 0) is 17.6 Å². The maximum Gasteiger partial charge on any atom is 0.305 e. The van der Waals surface area contributed by atoms with Crippen LogP contribution in [0.3, 0.4) is 0 Å². The van der Waals surface area contributed by atoms with E-state index in [4.69, 9.17) is 22.4 Å². The van der Waals surface area contributed by atoms with Gasteiger partial charge in [0.1, 0.15) is 5.76 Å². The summed E-state index contributed by atoms with van der Waals surface area (Å²) in [6.45, 7) is 1.78. The Labute approximate surface area is 167 Å². The first kappa shape index (κ1) is 19.6. The number of hydrogen-bond acceptors (Lipinski definition) is 5. The highest BCUT2D eigenvalue weighted by molar-refractivity contribution is 7.80. The molecule has 5 N–H and O–H groups in total. The Bertz CT molecular complexity index is 937. The highest BCUT2D eigenvalue weighted by Gasteiger charge is 2.28. The highest BCUT2D eigenvalue weighted by atomic mass is 32.1. The van der Waals surface area contributed by atoms with Crippen molar-refractivity contribution < 1.29 is 14.0 Å². The first-order valence-corrected chi connectivity index (χ1v) is 9.24. The van der Waals surface area contributed by atoms with E-state index in [1.165, 1.54) is 0 Å². The van der Waals surface area contributed by atoms with E-state index in [9.17, 15) is 9.59 Å². The molecular formula is C19H21N5O3S. The van der Waals surface area contributed by atoms with E-state index in [0.29, 0.717) is 17.7 Å². The van der Waals surface area contributed by atoms with Crippen LogP contribution >= 0.6 is 12.2 Å². The average Bonchev–Trinajstić information content (AvgIpc) is 3.02. The molecule has 0 radical (unpaired) electrons. The zero-order chi connectivity index (χ0) is 20.1. The molecule has 0 bridgehead atoms. The van der Waals surface area contributed by atoms with Gasteiger partial charge >= 0.3 is 5.91 Å². The van der Waals surface area contributed by atoms with Crippen molar-refractivity contribution >= 4 is 34.9 Å². The first-order chi connectivity index (χ1) is 13.5. The van der Waals surface area contributed by atoms with E-state index >= 15 is 0 Å². The number of fused-ring (bicyclic) bond motifs is 1. The first-order valence-electron chi connectivity index (χ1n) is 8.83. The highest BCUT2D eigenvalue weighted by Crippen LogP contribution is 2.29. The summed E-state index contributed by atoms with van der Waals surface area (Å²) in [5.74, 6) is -0.00524. The zero-order valence-corrected chi connectivity index (χ0v) is 16.2. The predicted molar refractivity (Wildman–Crippen MR) is 109 cm³/mol. The molecule has 0 fully saturated rings. The number of furan rings is 1. The number of nitrogens with two attached hydrogens (primary N) is 1. The van der Waals surface area contributed by atoms with E-state index in [-0.39, 0.29) is 23.2 Å². The maximum absolute atomic E-state index is 12.5. The molecule has 1 aliphatic rings. The average molecular weight is 399 g/mol. The molecule has 146 valence electrons. The van der Waals surface area contributed by atoms with Crippen molar-refractivity contribution in [2.24, 2.45) is 10.8 Å². The molecule has 0 atom stereocenters. The van der Waals surface area contributed by atoms with Gasteiger partial charge in [0.2, 0.25) is 5.91 Å². The van der Waals surface area contributed by atoms with E-state index in [1.807, 2.05) is 30.3 Å². The second-order valence-electron chi connectivity index (χ2n) is 6.41. The second kappa shape index (κ2) is 8.66. The summed E-state index contributed by atoms with van der Waals surface area (Å²) >= 11 is 4.78. The fourth-order valence-electron chi connectivity index (χ4n) is 3.13.